The summed E-state index contributed by atoms with van der Waals surface area (Å²) >= 11 is 0. The van der Waals surface area contributed by atoms with Crippen LogP contribution in [0, 0.1) is 0 Å². The number of rotatable bonds is 7. The van der Waals surface area contributed by atoms with Crippen molar-refractivity contribution < 1.29 is 18.0 Å². The number of aromatic nitrogens is 3. The number of halogens is 3. The Morgan fingerprint density at radius 1 is 1.06 bits per heavy atom. The van der Waals surface area contributed by atoms with Gasteiger partial charge in [0.25, 0.3) is 5.91 Å². The maximum absolute atomic E-state index is 13.5. The van der Waals surface area contributed by atoms with Crippen molar-refractivity contribution in [1.82, 2.24) is 19.9 Å². The van der Waals surface area contributed by atoms with E-state index >= 15 is 0 Å². The van der Waals surface area contributed by atoms with E-state index in [0.29, 0.717) is 24.5 Å². The minimum Gasteiger partial charge on any atom is -0.363 e. The summed E-state index contributed by atoms with van der Waals surface area (Å²) in [4.78, 5) is 30.9. The monoisotopic (exact) mass is 460 g/mol. The van der Waals surface area contributed by atoms with E-state index < -0.39 is 11.7 Å². The average molecular weight is 461 g/mol. The standard InChI is InChI=1S/C23H27F3N6O/c1-6-17(14-31(4)22-27-12-16(13-28-22)23(24,25)26)32(5)21(33)20-18-10-8-7-9-15(18)11-19(29-20)30(2)3/h7-13,17H,6,14H2,1-5H3/t17-/m0/s1. The van der Waals surface area contributed by atoms with Crippen LogP contribution in [0.15, 0.2) is 42.7 Å². The Balaban J connectivity index is 1.84. The van der Waals surface area contributed by atoms with E-state index in [-0.39, 0.29) is 17.9 Å². The number of anilines is 2. The molecule has 10 heteroatoms. The second-order valence-corrected chi connectivity index (χ2v) is 8.07. The zero-order valence-electron chi connectivity index (χ0n) is 19.3. The molecule has 1 amide bonds. The Morgan fingerprint density at radius 3 is 2.27 bits per heavy atom. The van der Waals surface area contributed by atoms with E-state index in [1.165, 1.54) is 0 Å². The maximum atomic E-state index is 13.5. The molecular formula is C23H27F3N6O. The van der Waals surface area contributed by atoms with Crippen molar-refractivity contribution in [3.8, 4) is 0 Å². The largest absolute Gasteiger partial charge is 0.419 e. The molecule has 0 fully saturated rings. The number of hydrogen-bond acceptors (Lipinski definition) is 6. The highest BCUT2D eigenvalue weighted by molar-refractivity contribution is 6.06. The normalized spacial score (nSPS) is 12.5. The third kappa shape index (κ3) is 5.32. The fourth-order valence-corrected chi connectivity index (χ4v) is 3.50. The van der Waals surface area contributed by atoms with E-state index in [1.807, 2.05) is 56.3 Å². The Labute approximate surface area is 190 Å². The zero-order valence-corrected chi connectivity index (χ0v) is 19.3. The molecule has 0 N–H and O–H groups in total. The highest BCUT2D eigenvalue weighted by Gasteiger charge is 2.32. The van der Waals surface area contributed by atoms with E-state index in [1.54, 1.807) is 23.9 Å². The molecule has 0 saturated heterocycles. The van der Waals surface area contributed by atoms with E-state index in [0.717, 1.165) is 23.2 Å². The van der Waals surface area contributed by atoms with Crippen LogP contribution in [0.3, 0.4) is 0 Å². The summed E-state index contributed by atoms with van der Waals surface area (Å²) in [5, 5.41) is 1.67. The minimum absolute atomic E-state index is 0.153. The van der Waals surface area contributed by atoms with Crippen LogP contribution in [0.1, 0.15) is 29.4 Å². The number of carbonyl (C=O) groups is 1. The summed E-state index contributed by atoms with van der Waals surface area (Å²) in [5.41, 5.74) is -0.552. The van der Waals surface area contributed by atoms with Crippen molar-refractivity contribution in [1.29, 1.82) is 0 Å². The molecule has 2 heterocycles. The highest BCUT2D eigenvalue weighted by Crippen LogP contribution is 2.28. The van der Waals surface area contributed by atoms with Crippen LogP contribution in [0.2, 0.25) is 0 Å². The van der Waals surface area contributed by atoms with Crippen molar-refractivity contribution >= 4 is 28.4 Å². The predicted molar refractivity (Wildman–Crippen MR) is 123 cm³/mol. The lowest BCUT2D eigenvalue weighted by Crippen LogP contribution is -2.44. The van der Waals surface area contributed by atoms with Gasteiger partial charge >= 0.3 is 6.18 Å². The fraction of sp³-hybridized carbons (Fsp3) is 0.391. The number of alkyl halides is 3. The van der Waals surface area contributed by atoms with Gasteiger partial charge in [-0.15, -0.1) is 0 Å². The first-order chi connectivity index (χ1) is 15.5. The zero-order chi connectivity index (χ0) is 24.3. The first-order valence-electron chi connectivity index (χ1n) is 10.5. The van der Waals surface area contributed by atoms with Gasteiger partial charge in [-0.1, -0.05) is 31.2 Å². The second kappa shape index (κ2) is 9.60. The lowest BCUT2D eigenvalue weighted by atomic mass is 10.1. The Hall–Kier alpha value is -3.43. The first-order valence-corrected chi connectivity index (χ1v) is 10.5. The molecular weight excluding hydrogens is 433 g/mol. The van der Waals surface area contributed by atoms with Crippen molar-refractivity contribution in [3.63, 3.8) is 0 Å². The molecule has 0 aliphatic carbocycles. The van der Waals surface area contributed by atoms with Gasteiger partial charge in [-0.25, -0.2) is 15.0 Å². The summed E-state index contributed by atoms with van der Waals surface area (Å²) in [5.74, 6) is 0.595. The molecule has 0 radical (unpaired) electrons. The van der Waals surface area contributed by atoms with Gasteiger partial charge in [-0.3, -0.25) is 4.79 Å². The van der Waals surface area contributed by atoms with E-state index in [2.05, 4.69) is 15.0 Å². The molecule has 0 bridgehead atoms. The number of likely N-dealkylation sites (N-methyl/N-ethyl adjacent to an activating group) is 2. The van der Waals surface area contributed by atoms with Crippen molar-refractivity contribution in [2.24, 2.45) is 0 Å². The summed E-state index contributed by atoms with van der Waals surface area (Å²) in [7, 11) is 7.12. The summed E-state index contributed by atoms with van der Waals surface area (Å²) in [6.07, 6.45) is -2.35. The molecule has 33 heavy (non-hydrogen) atoms. The van der Waals surface area contributed by atoms with Crippen molar-refractivity contribution in [2.75, 3.05) is 44.5 Å². The number of carbonyl (C=O) groups excluding carboxylic acids is 1. The van der Waals surface area contributed by atoms with Gasteiger partial charge in [-0.2, -0.15) is 13.2 Å². The summed E-state index contributed by atoms with van der Waals surface area (Å²) in [6.45, 7) is 2.28. The fourth-order valence-electron chi connectivity index (χ4n) is 3.50. The SMILES string of the molecule is CC[C@@H](CN(C)c1ncc(C(F)(F)F)cn1)N(C)C(=O)c1nc(N(C)C)cc2ccccc12. The molecule has 7 nitrogen and oxygen atoms in total. The maximum Gasteiger partial charge on any atom is 0.419 e. The predicted octanol–water partition coefficient (Wildman–Crippen LogP) is 4.10. The van der Waals surface area contributed by atoms with E-state index in [9.17, 15) is 18.0 Å². The summed E-state index contributed by atoms with van der Waals surface area (Å²) < 4.78 is 38.4. The van der Waals surface area contributed by atoms with Gasteiger partial charge in [0.05, 0.1) is 5.56 Å². The van der Waals surface area contributed by atoms with Crippen LogP contribution < -0.4 is 9.80 Å². The Bertz CT molecular complexity index is 1120. The average Bonchev–Trinajstić information content (AvgIpc) is 2.80. The molecule has 176 valence electrons. The van der Waals surface area contributed by atoms with Crippen molar-refractivity contribution in [3.05, 3.63) is 54.0 Å². The van der Waals surface area contributed by atoms with Crippen LogP contribution in [0.5, 0.6) is 0 Å². The third-order valence-electron chi connectivity index (χ3n) is 5.52. The number of nitrogens with zero attached hydrogens (tertiary/aromatic N) is 6. The molecule has 0 saturated carbocycles. The molecule has 0 spiro atoms. The molecule has 0 unspecified atom stereocenters. The quantitative estimate of drug-likeness (QED) is 0.529. The highest BCUT2D eigenvalue weighted by atomic mass is 19.4. The van der Waals surface area contributed by atoms with Crippen molar-refractivity contribution in [2.45, 2.75) is 25.6 Å². The molecule has 0 aliphatic heterocycles. The number of amides is 1. The second-order valence-electron chi connectivity index (χ2n) is 8.07. The topological polar surface area (TPSA) is 65.5 Å². The van der Waals surface area contributed by atoms with Crippen LogP contribution in [-0.2, 0) is 6.18 Å². The smallest absolute Gasteiger partial charge is 0.363 e. The van der Waals surface area contributed by atoms with Crippen LogP contribution in [-0.4, -0.2) is 66.5 Å². The summed E-state index contributed by atoms with van der Waals surface area (Å²) in [6, 6.07) is 9.27. The number of pyridine rings is 1. The lowest BCUT2D eigenvalue weighted by molar-refractivity contribution is -0.138. The van der Waals surface area contributed by atoms with Crippen LogP contribution >= 0.6 is 0 Å². The van der Waals surface area contributed by atoms with Gasteiger partial charge in [0.15, 0.2) is 0 Å². The lowest BCUT2D eigenvalue weighted by Gasteiger charge is -2.31. The van der Waals surface area contributed by atoms with Gasteiger partial charge < -0.3 is 14.7 Å². The molecule has 0 aliphatic rings. The number of hydrogen-bond donors (Lipinski definition) is 0. The van der Waals surface area contributed by atoms with Crippen LogP contribution in [0.25, 0.3) is 10.8 Å². The number of benzene rings is 1. The Kier molecular flexibility index (Phi) is 7.04. The van der Waals surface area contributed by atoms with E-state index in [4.69, 9.17) is 0 Å². The number of fused-ring (bicyclic) bond motifs is 1. The van der Waals surface area contributed by atoms with Gasteiger partial charge in [0, 0.05) is 58.6 Å². The van der Waals surface area contributed by atoms with Gasteiger partial charge in [0.2, 0.25) is 5.95 Å². The van der Waals surface area contributed by atoms with Gasteiger partial charge in [0.1, 0.15) is 11.5 Å². The molecule has 2 aromatic heterocycles. The van der Waals surface area contributed by atoms with Gasteiger partial charge in [-0.05, 0) is 17.9 Å². The third-order valence-corrected chi connectivity index (χ3v) is 5.52. The minimum atomic E-state index is -4.49. The molecule has 3 aromatic rings. The first kappa shape index (κ1) is 24.2. The Morgan fingerprint density at radius 2 is 1.70 bits per heavy atom. The molecule has 3 rings (SSSR count). The molecule has 1 aromatic carbocycles. The molecule has 1 atom stereocenters. The van der Waals surface area contributed by atoms with Crippen LogP contribution in [0.4, 0.5) is 24.9 Å².